The van der Waals surface area contributed by atoms with Crippen LogP contribution in [-0.4, -0.2) is 19.7 Å². The minimum atomic E-state index is 0.344. The third-order valence-electron chi connectivity index (χ3n) is 5.85. The second kappa shape index (κ2) is 9.47. The lowest BCUT2D eigenvalue weighted by atomic mass is 9.69. The van der Waals surface area contributed by atoms with Gasteiger partial charge < -0.3 is 10.1 Å². The average molecular weight is 406 g/mol. The van der Waals surface area contributed by atoms with E-state index in [1.165, 1.54) is 22.3 Å². The van der Waals surface area contributed by atoms with Gasteiger partial charge in [-0.15, -0.1) is 0 Å². The summed E-state index contributed by atoms with van der Waals surface area (Å²) in [7, 11) is 0. The van der Waals surface area contributed by atoms with E-state index in [2.05, 4.69) is 72.9 Å². The van der Waals surface area contributed by atoms with Crippen LogP contribution in [0.4, 0.5) is 0 Å². The molecule has 3 heteroatoms. The van der Waals surface area contributed by atoms with E-state index < -0.39 is 0 Å². The zero-order valence-corrected chi connectivity index (χ0v) is 17.7. The van der Waals surface area contributed by atoms with Crippen LogP contribution in [0, 0.1) is 0 Å². The van der Waals surface area contributed by atoms with Gasteiger partial charge in [-0.3, -0.25) is 0 Å². The first-order valence-electron chi connectivity index (χ1n) is 10.5. The van der Waals surface area contributed by atoms with E-state index in [1.54, 1.807) is 0 Å². The largest absolute Gasteiger partial charge is 0.492 e. The summed E-state index contributed by atoms with van der Waals surface area (Å²) in [5.74, 6) is 1.72. The number of aryl methyl sites for hydroxylation is 1. The smallest absolute Gasteiger partial charge is 0.119 e. The number of benzene rings is 3. The van der Waals surface area contributed by atoms with Gasteiger partial charge in [0.25, 0.3) is 0 Å². The molecule has 0 amide bonds. The Morgan fingerprint density at radius 2 is 1.66 bits per heavy atom. The molecule has 2 unspecified atom stereocenters. The molecule has 2 atom stereocenters. The predicted molar refractivity (Wildman–Crippen MR) is 121 cm³/mol. The van der Waals surface area contributed by atoms with E-state index in [-0.39, 0.29) is 0 Å². The van der Waals surface area contributed by atoms with Crippen LogP contribution >= 0.6 is 11.6 Å². The fraction of sp³-hybridized carbons (Fsp3) is 0.308. The van der Waals surface area contributed by atoms with Crippen LogP contribution in [-0.2, 0) is 6.42 Å². The maximum absolute atomic E-state index is 6.15. The van der Waals surface area contributed by atoms with Crippen molar-refractivity contribution in [2.75, 3.05) is 19.7 Å². The highest BCUT2D eigenvalue weighted by molar-refractivity contribution is 6.30. The molecule has 0 radical (unpaired) electrons. The number of fused-ring (bicyclic) bond motifs is 1. The van der Waals surface area contributed by atoms with E-state index in [9.17, 15) is 0 Å². The van der Waals surface area contributed by atoms with E-state index in [0.29, 0.717) is 18.4 Å². The summed E-state index contributed by atoms with van der Waals surface area (Å²) in [5, 5.41) is 4.08. The molecule has 0 saturated heterocycles. The van der Waals surface area contributed by atoms with Crippen LogP contribution in [0.3, 0.4) is 0 Å². The second-order valence-electron chi connectivity index (χ2n) is 7.64. The number of hydrogen-bond acceptors (Lipinski definition) is 2. The minimum Gasteiger partial charge on any atom is -0.492 e. The highest BCUT2D eigenvalue weighted by atomic mass is 35.5. The van der Waals surface area contributed by atoms with E-state index in [0.717, 1.165) is 36.7 Å². The zero-order chi connectivity index (χ0) is 20.1. The van der Waals surface area contributed by atoms with Gasteiger partial charge >= 0.3 is 0 Å². The number of hydrogen-bond donors (Lipinski definition) is 1. The molecule has 1 N–H and O–H groups in total. The van der Waals surface area contributed by atoms with Crippen molar-refractivity contribution in [3.63, 3.8) is 0 Å². The Morgan fingerprint density at radius 1 is 0.931 bits per heavy atom. The third-order valence-corrected chi connectivity index (χ3v) is 6.10. The van der Waals surface area contributed by atoms with Crippen LogP contribution in [0.15, 0.2) is 72.8 Å². The Balaban J connectivity index is 1.63. The Labute approximate surface area is 178 Å². The minimum absolute atomic E-state index is 0.344. The van der Waals surface area contributed by atoms with E-state index in [4.69, 9.17) is 16.3 Å². The van der Waals surface area contributed by atoms with Gasteiger partial charge in [-0.25, -0.2) is 0 Å². The summed E-state index contributed by atoms with van der Waals surface area (Å²) < 4.78 is 5.87. The number of rotatable bonds is 7. The summed E-state index contributed by atoms with van der Waals surface area (Å²) in [4.78, 5) is 0. The normalized spacial score (nSPS) is 18.3. The third kappa shape index (κ3) is 4.66. The van der Waals surface area contributed by atoms with Gasteiger partial charge in [0.2, 0.25) is 0 Å². The van der Waals surface area contributed by atoms with Gasteiger partial charge in [-0.1, -0.05) is 67.1 Å². The number of ether oxygens (including phenoxy) is 1. The van der Waals surface area contributed by atoms with Crippen LogP contribution in [0.2, 0.25) is 5.02 Å². The molecule has 0 fully saturated rings. The topological polar surface area (TPSA) is 21.3 Å². The summed E-state index contributed by atoms with van der Waals surface area (Å²) in [6, 6.07) is 26.0. The van der Waals surface area contributed by atoms with Crippen molar-refractivity contribution < 1.29 is 4.74 Å². The Hall–Kier alpha value is -2.29. The molecule has 0 spiro atoms. The fourth-order valence-electron chi connectivity index (χ4n) is 4.43. The summed E-state index contributed by atoms with van der Waals surface area (Å²) in [6.45, 7) is 4.63. The zero-order valence-electron chi connectivity index (χ0n) is 16.9. The first-order chi connectivity index (χ1) is 14.3. The standard InChI is InChI=1S/C26H28ClNO/c1-2-28-17-18-29-23-14-9-21(10-15-23)26-24-6-4-3-5-19(24)11-16-25(26)20-7-12-22(27)13-8-20/h3-10,12-15,25-26,28H,2,11,16-18H2,1H3. The fourth-order valence-corrected chi connectivity index (χ4v) is 4.56. The van der Waals surface area contributed by atoms with Gasteiger partial charge in [0.05, 0.1) is 0 Å². The molecule has 1 aliphatic rings. The van der Waals surface area contributed by atoms with Gasteiger partial charge in [-0.2, -0.15) is 0 Å². The van der Waals surface area contributed by atoms with Crippen molar-refractivity contribution in [2.24, 2.45) is 0 Å². The highest BCUT2D eigenvalue weighted by Gasteiger charge is 2.31. The molecule has 3 aromatic carbocycles. The lowest BCUT2D eigenvalue weighted by Crippen LogP contribution is -2.21. The first kappa shape index (κ1) is 20.0. The maximum Gasteiger partial charge on any atom is 0.119 e. The lowest BCUT2D eigenvalue weighted by molar-refractivity contribution is 0.315. The molecule has 1 aliphatic carbocycles. The summed E-state index contributed by atoms with van der Waals surface area (Å²) in [5.41, 5.74) is 5.61. The summed E-state index contributed by atoms with van der Waals surface area (Å²) >= 11 is 6.15. The molecule has 0 aromatic heterocycles. The molecular weight excluding hydrogens is 378 g/mol. The molecule has 0 heterocycles. The molecular formula is C26H28ClNO. The SMILES string of the molecule is CCNCCOc1ccc(C2c3ccccc3CCC2c2ccc(Cl)cc2)cc1. The molecule has 29 heavy (non-hydrogen) atoms. The van der Waals surface area contributed by atoms with Crippen molar-refractivity contribution in [2.45, 2.75) is 31.6 Å². The molecule has 3 aromatic rings. The van der Waals surface area contributed by atoms with Gasteiger partial charge in [0, 0.05) is 17.5 Å². The van der Waals surface area contributed by atoms with E-state index in [1.807, 2.05) is 12.1 Å². The van der Waals surface area contributed by atoms with Crippen LogP contribution in [0.1, 0.15) is 47.4 Å². The van der Waals surface area contributed by atoms with Crippen molar-refractivity contribution in [3.8, 4) is 5.75 Å². The van der Waals surface area contributed by atoms with Crippen molar-refractivity contribution in [1.82, 2.24) is 5.32 Å². The first-order valence-corrected chi connectivity index (χ1v) is 10.9. The van der Waals surface area contributed by atoms with Gasteiger partial charge in [0.1, 0.15) is 12.4 Å². The Kier molecular flexibility index (Phi) is 6.53. The van der Waals surface area contributed by atoms with E-state index >= 15 is 0 Å². The number of nitrogens with one attached hydrogen (secondary N) is 1. The van der Waals surface area contributed by atoms with Gasteiger partial charge in [0.15, 0.2) is 0 Å². The molecule has 0 bridgehead atoms. The molecule has 2 nitrogen and oxygen atoms in total. The Bertz CT molecular complexity index is 920. The Morgan fingerprint density at radius 3 is 2.41 bits per heavy atom. The van der Waals surface area contributed by atoms with Crippen molar-refractivity contribution >= 4 is 11.6 Å². The molecule has 150 valence electrons. The second-order valence-corrected chi connectivity index (χ2v) is 8.08. The molecule has 4 rings (SSSR count). The molecule has 0 saturated carbocycles. The van der Waals surface area contributed by atoms with Crippen molar-refractivity contribution in [3.05, 3.63) is 100 Å². The van der Waals surface area contributed by atoms with Gasteiger partial charge in [-0.05, 0) is 71.8 Å². The van der Waals surface area contributed by atoms with Crippen LogP contribution < -0.4 is 10.1 Å². The lowest BCUT2D eigenvalue weighted by Gasteiger charge is -2.34. The number of likely N-dealkylation sites (N-methyl/N-ethyl adjacent to an activating group) is 1. The monoisotopic (exact) mass is 405 g/mol. The van der Waals surface area contributed by atoms with Crippen LogP contribution in [0.5, 0.6) is 5.75 Å². The van der Waals surface area contributed by atoms with Crippen molar-refractivity contribution in [1.29, 1.82) is 0 Å². The van der Waals surface area contributed by atoms with Crippen LogP contribution in [0.25, 0.3) is 0 Å². The highest BCUT2D eigenvalue weighted by Crippen LogP contribution is 2.46. The quantitative estimate of drug-likeness (QED) is 0.473. The maximum atomic E-state index is 6.15. The average Bonchev–Trinajstić information content (AvgIpc) is 2.77. The number of halogens is 1. The molecule has 0 aliphatic heterocycles. The predicted octanol–water partition coefficient (Wildman–Crippen LogP) is 6.19. The summed E-state index contributed by atoms with van der Waals surface area (Å²) in [6.07, 6.45) is 2.26.